The fraction of sp³-hybridized carbons (Fsp3) is 0.897. The normalized spacial score (nSPS) is 21.7. The number of carboxylic acid groups (broad SMARTS) is 1. The summed E-state index contributed by atoms with van der Waals surface area (Å²) < 4.78 is 0. The highest BCUT2D eigenvalue weighted by atomic mass is 16.4. The standard InChI is InChI=1S/C29H52O4/c1-12-20(4)18-28(19(2)3,23(30)26(6,7)8)29(25(32)33,24(31)27(9,10)11)21(5)22-16-14-13-15-17-22/h19-22H,12-18H2,1-11H3,(H,32,33). The lowest BCUT2D eigenvalue weighted by atomic mass is 9.42. The Morgan fingerprint density at radius 2 is 1.27 bits per heavy atom. The van der Waals surface area contributed by atoms with Gasteiger partial charge in [0, 0.05) is 10.8 Å². The van der Waals surface area contributed by atoms with Crippen molar-refractivity contribution in [2.75, 3.05) is 0 Å². The van der Waals surface area contributed by atoms with E-state index in [1.54, 1.807) is 0 Å². The highest BCUT2D eigenvalue weighted by Crippen LogP contribution is 2.61. The first-order valence-electron chi connectivity index (χ1n) is 13.2. The summed E-state index contributed by atoms with van der Waals surface area (Å²) in [7, 11) is 0. The molecule has 0 aromatic carbocycles. The Hall–Kier alpha value is -1.19. The number of rotatable bonds is 10. The second-order valence-electron chi connectivity index (χ2n) is 13.3. The van der Waals surface area contributed by atoms with Crippen molar-refractivity contribution in [1.82, 2.24) is 0 Å². The van der Waals surface area contributed by atoms with Crippen molar-refractivity contribution in [3.05, 3.63) is 0 Å². The number of hydrogen-bond donors (Lipinski definition) is 1. The fourth-order valence-corrected chi connectivity index (χ4v) is 6.63. The molecule has 1 rings (SSSR count). The zero-order chi connectivity index (χ0) is 26.0. The van der Waals surface area contributed by atoms with E-state index < -0.39 is 33.5 Å². The number of carbonyl (C=O) groups is 3. The van der Waals surface area contributed by atoms with Crippen LogP contribution < -0.4 is 0 Å². The first kappa shape index (κ1) is 29.8. The molecule has 1 aliphatic rings. The van der Waals surface area contributed by atoms with Crippen molar-refractivity contribution in [1.29, 1.82) is 0 Å². The number of carboxylic acids is 1. The summed E-state index contributed by atoms with van der Waals surface area (Å²) in [5, 5.41) is 11.2. The van der Waals surface area contributed by atoms with Crippen LogP contribution in [0, 0.1) is 45.3 Å². The predicted octanol–water partition coefficient (Wildman–Crippen LogP) is 7.58. The summed E-state index contributed by atoms with van der Waals surface area (Å²) in [5.41, 5.74) is -4.69. The zero-order valence-electron chi connectivity index (χ0n) is 23.4. The molecule has 1 fully saturated rings. The molecule has 33 heavy (non-hydrogen) atoms. The SMILES string of the molecule is CCC(C)CC(C(=O)C(C)(C)C)(C(C)C)C(C(=O)O)(C(=O)C(C)(C)C)C(C)C1CCCCC1. The van der Waals surface area contributed by atoms with E-state index in [9.17, 15) is 19.5 Å². The van der Waals surface area contributed by atoms with Gasteiger partial charge in [0.05, 0.1) is 5.41 Å². The summed E-state index contributed by atoms with van der Waals surface area (Å²) in [6.07, 6.45) is 6.37. The third-order valence-electron chi connectivity index (χ3n) is 8.56. The van der Waals surface area contributed by atoms with Gasteiger partial charge < -0.3 is 5.11 Å². The van der Waals surface area contributed by atoms with Crippen molar-refractivity contribution in [2.24, 2.45) is 45.3 Å². The van der Waals surface area contributed by atoms with Crippen LogP contribution in [0.2, 0.25) is 0 Å². The van der Waals surface area contributed by atoms with Crippen LogP contribution in [0.5, 0.6) is 0 Å². The molecule has 1 saturated carbocycles. The van der Waals surface area contributed by atoms with Crippen molar-refractivity contribution in [2.45, 2.75) is 121 Å². The Bertz CT molecular complexity index is 702. The van der Waals surface area contributed by atoms with E-state index in [1.165, 1.54) is 0 Å². The number of carbonyl (C=O) groups excluding carboxylic acids is 2. The summed E-state index contributed by atoms with van der Waals surface area (Å²) in [6.45, 7) is 21.2. The Morgan fingerprint density at radius 3 is 1.61 bits per heavy atom. The van der Waals surface area contributed by atoms with E-state index in [2.05, 4.69) is 13.8 Å². The lowest BCUT2D eigenvalue weighted by Crippen LogP contribution is -2.67. The maximum atomic E-state index is 14.5. The third-order valence-corrected chi connectivity index (χ3v) is 8.56. The number of aliphatic carboxylic acids is 1. The molecular weight excluding hydrogens is 412 g/mol. The minimum Gasteiger partial charge on any atom is -0.480 e. The predicted molar refractivity (Wildman–Crippen MR) is 136 cm³/mol. The van der Waals surface area contributed by atoms with Crippen molar-refractivity contribution < 1.29 is 19.5 Å². The number of ketones is 2. The van der Waals surface area contributed by atoms with Crippen LogP contribution in [-0.4, -0.2) is 22.6 Å². The first-order chi connectivity index (χ1) is 14.9. The van der Waals surface area contributed by atoms with Gasteiger partial charge in [0.15, 0.2) is 5.78 Å². The van der Waals surface area contributed by atoms with Crippen LogP contribution >= 0.6 is 0 Å². The van der Waals surface area contributed by atoms with Crippen LogP contribution in [0.15, 0.2) is 0 Å². The minimum absolute atomic E-state index is 0.0760. The Morgan fingerprint density at radius 1 is 0.818 bits per heavy atom. The van der Waals surface area contributed by atoms with Crippen molar-refractivity contribution >= 4 is 17.5 Å². The maximum absolute atomic E-state index is 14.5. The van der Waals surface area contributed by atoms with Gasteiger partial charge in [0.2, 0.25) is 0 Å². The summed E-state index contributed by atoms with van der Waals surface area (Å²) >= 11 is 0. The van der Waals surface area contributed by atoms with Gasteiger partial charge in [-0.25, -0.2) is 0 Å². The molecule has 1 N–H and O–H groups in total. The van der Waals surface area contributed by atoms with Gasteiger partial charge in [0.25, 0.3) is 0 Å². The largest absolute Gasteiger partial charge is 0.480 e. The molecule has 192 valence electrons. The molecular formula is C29H52O4. The molecule has 0 amide bonds. The van der Waals surface area contributed by atoms with Crippen molar-refractivity contribution in [3.8, 4) is 0 Å². The van der Waals surface area contributed by atoms with E-state index >= 15 is 0 Å². The van der Waals surface area contributed by atoms with Gasteiger partial charge in [-0.15, -0.1) is 0 Å². The molecule has 0 spiro atoms. The second-order valence-corrected chi connectivity index (χ2v) is 13.3. The van der Waals surface area contributed by atoms with Crippen LogP contribution in [0.4, 0.5) is 0 Å². The first-order valence-corrected chi connectivity index (χ1v) is 13.2. The van der Waals surface area contributed by atoms with E-state index in [-0.39, 0.29) is 29.3 Å². The van der Waals surface area contributed by atoms with Crippen LogP contribution in [-0.2, 0) is 14.4 Å². The highest BCUT2D eigenvalue weighted by Gasteiger charge is 2.71. The Balaban J connectivity index is 4.20. The van der Waals surface area contributed by atoms with E-state index in [1.807, 2.05) is 62.3 Å². The van der Waals surface area contributed by atoms with Gasteiger partial charge in [-0.05, 0) is 30.1 Å². The van der Waals surface area contributed by atoms with Gasteiger partial charge in [-0.1, -0.05) is 115 Å². The average Bonchev–Trinajstić information content (AvgIpc) is 2.71. The molecule has 0 aliphatic heterocycles. The molecule has 0 saturated heterocycles. The molecule has 0 aromatic heterocycles. The van der Waals surface area contributed by atoms with Gasteiger partial charge in [-0.3, -0.25) is 14.4 Å². The number of Topliss-reactive ketones (excluding diaryl/α,β-unsaturated/α-hetero) is 2. The molecule has 1 aliphatic carbocycles. The Kier molecular flexibility index (Phi) is 9.59. The van der Waals surface area contributed by atoms with Gasteiger partial charge >= 0.3 is 5.97 Å². The van der Waals surface area contributed by atoms with Gasteiger partial charge in [0.1, 0.15) is 11.2 Å². The topological polar surface area (TPSA) is 71.4 Å². The Labute approximate surface area is 203 Å². The second kappa shape index (κ2) is 10.6. The molecule has 0 bridgehead atoms. The summed E-state index contributed by atoms with van der Waals surface area (Å²) in [6, 6.07) is 0. The lowest BCUT2D eigenvalue weighted by molar-refractivity contribution is -0.192. The minimum atomic E-state index is -1.77. The molecule has 0 heterocycles. The molecule has 0 radical (unpaired) electrons. The smallest absolute Gasteiger partial charge is 0.318 e. The summed E-state index contributed by atoms with van der Waals surface area (Å²) in [4.78, 5) is 42.7. The van der Waals surface area contributed by atoms with Crippen LogP contribution in [0.1, 0.15) is 121 Å². The van der Waals surface area contributed by atoms with Crippen LogP contribution in [0.25, 0.3) is 0 Å². The third kappa shape index (κ3) is 5.40. The van der Waals surface area contributed by atoms with Crippen LogP contribution in [0.3, 0.4) is 0 Å². The van der Waals surface area contributed by atoms with E-state index in [4.69, 9.17) is 0 Å². The molecule has 4 heteroatoms. The fourth-order valence-electron chi connectivity index (χ4n) is 6.63. The highest BCUT2D eigenvalue weighted by molar-refractivity contribution is 6.12. The van der Waals surface area contributed by atoms with Gasteiger partial charge in [-0.2, -0.15) is 0 Å². The molecule has 4 atom stereocenters. The maximum Gasteiger partial charge on any atom is 0.318 e. The monoisotopic (exact) mass is 464 g/mol. The average molecular weight is 465 g/mol. The quantitative estimate of drug-likeness (QED) is 0.338. The molecule has 4 unspecified atom stereocenters. The lowest BCUT2D eigenvalue weighted by Gasteiger charge is -2.57. The summed E-state index contributed by atoms with van der Waals surface area (Å²) in [5.74, 6) is -1.91. The zero-order valence-corrected chi connectivity index (χ0v) is 23.4. The molecule has 0 aromatic rings. The molecule has 4 nitrogen and oxygen atoms in total. The van der Waals surface area contributed by atoms with E-state index in [0.29, 0.717) is 6.42 Å². The van der Waals surface area contributed by atoms with E-state index in [0.717, 1.165) is 38.5 Å². The van der Waals surface area contributed by atoms with Crippen molar-refractivity contribution in [3.63, 3.8) is 0 Å². The number of hydrogen-bond acceptors (Lipinski definition) is 3.